The van der Waals surface area contributed by atoms with Gasteiger partial charge < -0.3 is 14.2 Å². The number of hydrogen-bond acceptors (Lipinski definition) is 4. The Hall–Kier alpha value is -1.57. The highest BCUT2D eigenvalue weighted by Gasteiger charge is 2.03. The maximum Gasteiger partial charge on any atom is 0.136 e. The molecule has 0 radical (unpaired) electrons. The predicted octanol–water partition coefficient (Wildman–Crippen LogP) is 2.90. The van der Waals surface area contributed by atoms with Crippen LogP contribution in [0.5, 0.6) is 5.75 Å². The third-order valence-electron chi connectivity index (χ3n) is 2.67. The first-order valence-electron chi connectivity index (χ1n) is 6.54. The van der Waals surface area contributed by atoms with Crippen LogP contribution in [0.4, 0.5) is 0 Å². The van der Waals surface area contributed by atoms with Gasteiger partial charge in [-0.05, 0) is 24.1 Å². The normalized spacial score (nSPS) is 10.2. The first-order valence-corrected chi connectivity index (χ1v) is 6.54. The summed E-state index contributed by atoms with van der Waals surface area (Å²) in [6.45, 7) is 4.63. The fourth-order valence-electron chi connectivity index (χ4n) is 1.57. The van der Waals surface area contributed by atoms with Crippen LogP contribution < -0.4 is 4.74 Å². The second kappa shape index (κ2) is 9.37. The van der Waals surface area contributed by atoms with E-state index in [2.05, 4.69) is 13.0 Å². The van der Waals surface area contributed by atoms with Crippen LogP contribution in [0.25, 0.3) is 0 Å². The molecule has 0 unspecified atom stereocenters. The molecule has 0 aliphatic heterocycles. The second-order valence-corrected chi connectivity index (χ2v) is 4.16. The van der Waals surface area contributed by atoms with E-state index < -0.39 is 0 Å². The molecular formula is C15H21NO3. The Morgan fingerprint density at radius 3 is 2.63 bits per heavy atom. The minimum Gasteiger partial charge on any atom is -0.495 e. The van der Waals surface area contributed by atoms with E-state index in [0.717, 1.165) is 25.0 Å². The van der Waals surface area contributed by atoms with Gasteiger partial charge in [-0.3, -0.25) is 0 Å². The summed E-state index contributed by atoms with van der Waals surface area (Å²) >= 11 is 0. The van der Waals surface area contributed by atoms with Gasteiger partial charge in [0, 0.05) is 6.61 Å². The number of hydrogen-bond donors (Lipinski definition) is 0. The largest absolute Gasteiger partial charge is 0.495 e. The summed E-state index contributed by atoms with van der Waals surface area (Å²) in [6.07, 6.45) is 2.23. The van der Waals surface area contributed by atoms with Crippen molar-refractivity contribution in [2.45, 2.75) is 26.4 Å². The fraction of sp³-hybridized carbons (Fsp3) is 0.533. The Morgan fingerprint density at radius 1 is 1.16 bits per heavy atom. The van der Waals surface area contributed by atoms with E-state index in [0.29, 0.717) is 31.1 Å². The zero-order valence-corrected chi connectivity index (χ0v) is 11.6. The standard InChI is InChI=1S/C15H21NO3/c1-3-4-7-18-8-9-19-12-13-5-6-14(11-16)15(10-13)17-2/h5-6,10H,3-4,7-9,12H2,1-2H3. The van der Waals surface area contributed by atoms with Crippen LogP contribution in [0.3, 0.4) is 0 Å². The molecule has 0 saturated carbocycles. The third kappa shape index (κ3) is 5.73. The van der Waals surface area contributed by atoms with Crippen molar-refractivity contribution in [3.8, 4) is 11.8 Å². The number of ether oxygens (including phenoxy) is 3. The van der Waals surface area contributed by atoms with E-state index in [1.807, 2.05) is 12.1 Å². The summed E-state index contributed by atoms with van der Waals surface area (Å²) in [6, 6.07) is 7.53. The lowest BCUT2D eigenvalue weighted by Gasteiger charge is -2.08. The number of nitriles is 1. The SMILES string of the molecule is CCCCOCCOCc1ccc(C#N)c(OC)c1. The minimum atomic E-state index is 0.499. The Bertz CT molecular complexity index is 412. The zero-order chi connectivity index (χ0) is 13.9. The summed E-state index contributed by atoms with van der Waals surface area (Å²) < 4.78 is 16.1. The third-order valence-corrected chi connectivity index (χ3v) is 2.67. The lowest BCUT2D eigenvalue weighted by molar-refractivity contribution is 0.0396. The average molecular weight is 263 g/mol. The number of unbranched alkanes of at least 4 members (excludes halogenated alkanes) is 1. The van der Waals surface area contributed by atoms with Crippen LogP contribution in [0.1, 0.15) is 30.9 Å². The lowest BCUT2D eigenvalue weighted by Crippen LogP contribution is -2.05. The molecule has 0 N–H and O–H groups in total. The zero-order valence-electron chi connectivity index (χ0n) is 11.6. The number of nitrogens with zero attached hydrogens (tertiary/aromatic N) is 1. The van der Waals surface area contributed by atoms with Crippen molar-refractivity contribution in [2.24, 2.45) is 0 Å². The minimum absolute atomic E-state index is 0.499. The lowest BCUT2D eigenvalue weighted by atomic mass is 10.1. The van der Waals surface area contributed by atoms with Crippen molar-refractivity contribution in [3.63, 3.8) is 0 Å². The molecule has 1 rings (SSSR count). The highest BCUT2D eigenvalue weighted by Crippen LogP contribution is 2.19. The molecule has 19 heavy (non-hydrogen) atoms. The molecule has 0 atom stereocenters. The molecule has 0 saturated heterocycles. The first-order chi connectivity index (χ1) is 9.31. The molecule has 104 valence electrons. The molecule has 1 aromatic carbocycles. The maximum atomic E-state index is 8.88. The Balaban J connectivity index is 2.28. The van der Waals surface area contributed by atoms with E-state index in [9.17, 15) is 0 Å². The van der Waals surface area contributed by atoms with Crippen molar-refractivity contribution >= 4 is 0 Å². The average Bonchev–Trinajstić information content (AvgIpc) is 2.46. The highest BCUT2D eigenvalue weighted by atomic mass is 16.5. The first kappa shape index (κ1) is 15.5. The van der Waals surface area contributed by atoms with Gasteiger partial charge in [0.05, 0.1) is 32.5 Å². The van der Waals surface area contributed by atoms with Crippen molar-refractivity contribution in [3.05, 3.63) is 29.3 Å². The Labute approximate surface area is 114 Å². The number of benzene rings is 1. The molecule has 4 heteroatoms. The fourth-order valence-corrected chi connectivity index (χ4v) is 1.57. The molecule has 0 spiro atoms. The van der Waals surface area contributed by atoms with Crippen LogP contribution in [0.15, 0.2) is 18.2 Å². The molecule has 0 aliphatic carbocycles. The van der Waals surface area contributed by atoms with Gasteiger partial charge in [-0.1, -0.05) is 19.4 Å². The van der Waals surface area contributed by atoms with Crippen LogP contribution in [-0.2, 0) is 16.1 Å². The molecule has 0 heterocycles. The molecule has 0 bridgehead atoms. The van der Waals surface area contributed by atoms with Gasteiger partial charge in [-0.2, -0.15) is 5.26 Å². The van der Waals surface area contributed by atoms with Crippen LogP contribution >= 0.6 is 0 Å². The van der Waals surface area contributed by atoms with E-state index in [1.165, 1.54) is 0 Å². The van der Waals surface area contributed by atoms with E-state index in [4.69, 9.17) is 19.5 Å². The van der Waals surface area contributed by atoms with Gasteiger partial charge in [-0.25, -0.2) is 0 Å². The number of methoxy groups -OCH3 is 1. The predicted molar refractivity (Wildman–Crippen MR) is 73.1 cm³/mol. The van der Waals surface area contributed by atoms with Gasteiger partial charge in [0.15, 0.2) is 0 Å². The summed E-state index contributed by atoms with van der Waals surface area (Å²) in [7, 11) is 1.56. The van der Waals surface area contributed by atoms with Gasteiger partial charge in [-0.15, -0.1) is 0 Å². The Morgan fingerprint density at radius 2 is 1.95 bits per heavy atom. The molecule has 0 aromatic heterocycles. The summed E-state index contributed by atoms with van der Waals surface area (Å²) in [5, 5.41) is 8.88. The molecule has 0 amide bonds. The van der Waals surface area contributed by atoms with Crippen molar-refractivity contribution in [1.29, 1.82) is 5.26 Å². The van der Waals surface area contributed by atoms with Crippen molar-refractivity contribution < 1.29 is 14.2 Å². The molecule has 4 nitrogen and oxygen atoms in total. The monoisotopic (exact) mass is 263 g/mol. The van der Waals surface area contributed by atoms with Crippen LogP contribution in [0.2, 0.25) is 0 Å². The molecule has 0 aliphatic rings. The van der Waals surface area contributed by atoms with Crippen LogP contribution in [0, 0.1) is 11.3 Å². The van der Waals surface area contributed by atoms with Crippen molar-refractivity contribution in [1.82, 2.24) is 0 Å². The quantitative estimate of drug-likeness (QED) is 0.643. The molecular weight excluding hydrogens is 242 g/mol. The van der Waals surface area contributed by atoms with Gasteiger partial charge in [0.25, 0.3) is 0 Å². The number of rotatable bonds is 9. The highest BCUT2D eigenvalue weighted by molar-refractivity contribution is 5.45. The summed E-state index contributed by atoms with van der Waals surface area (Å²) in [4.78, 5) is 0. The van der Waals surface area contributed by atoms with Gasteiger partial charge in [0.2, 0.25) is 0 Å². The molecule has 1 aromatic rings. The van der Waals surface area contributed by atoms with Crippen molar-refractivity contribution in [2.75, 3.05) is 26.9 Å². The maximum absolute atomic E-state index is 8.88. The summed E-state index contributed by atoms with van der Waals surface area (Å²) in [5.41, 5.74) is 1.53. The smallest absolute Gasteiger partial charge is 0.136 e. The topological polar surface area (TPSA) is 51.5 Å². The van der Waals surface area contributed by atoms with E-state index in [-0.39, 0.29) is 0 Å². The Kier molecular flexibility index (Phi) is 7.64. The molecule has 0 fully saturated rings. The van der Waals surface area contributed by atoms with Crippen LogP contribution in [-0.4, -0.2) is 26.9 Å². The van der Waals surface area contributed by atoms with E-state index in [1.54, 1.807) is 13.2 Å². The summed E-state index contributed by atoms with van der Waals surface area (Å²) in [5.74, 6) is 0.586. The second-order valence-electron chi connectivity index (χ2n) is 4.16. The van der Waals surface area contributed by atoms with E-state index >= 15 is 0 Å². The van der Waals surface area contributed by atoms with Gasteiger partial charge >= 0.3 is 0 Å². The van der Waals surface area contributed by atoms with Gasteiger partial charge in [0.1, 0.15) is 11.8 Å².